The fourth-order valence-corrected chi connectivity index (χ4v) is 4.22. The summed E-state index contributed by atoms with van der Waals surface area (Å²) in [6, 6.07) is 17.4. The van der Waals surface area contributed by atoms with Crippen LogP contribution in [0.2, 0.25) is 0 Å². The van der Waals surface area contributed by atoms with Crippen LogP contribution in [0.15, 0.2) is 70.6 Å². The van der Waals surface area contributed by atoms with E-state index in [1.54, 1.807) is 24.3 Å². The fourth-order valence-electron chi connectivity index (χ4n) is 2.97. The number of carbonyl (C=O) groups is 2. The summed E-state index contributed by atoms with van der Waals surface area (Å²) >= 11 is 0. The van der Waals surface area contributed by atoms with Crippen LogP contribution in [0.5, 0.6) is 0 Å². The van der Waals surface area contributed by atoms with Crippen LogP contribution in [0.1, 0.15) is 22.5 Å². The number of amides is 2. The third-order valence-corrected chi connectivity index (χ3v) is 5.88. The maximum atomic E-state index is 12.2. The number of aliphatic imine (C=N–C) groups is 1. The van der Waals surface area contributed by atoms with Crippen molar-refractivity contribution in [2.45, 2.75) is 11.3 Å². The van der Waals surface area contributed by atoms with Crippen LogP contribution in [-0.2, 0) is 14.8 Å². The average Bonchev–Trinajstić information content (AvgIpc) is 3.36. The van der Waals surface area contributed by atoms with Crippen molar-refractivity contribution >= 4 is 27.7 Å². The molecule has 31 heavy (non-hydrogen) atoms. The Morgan fingerprint density at radius 3 is 2.55 bits per heavy atom. The Kier molecular flexibility index (Phi) is 5.50. The Balaban J connectivity index is 1.29. The highest BCUT2D eigenvalue weighted by Gasteiger charge is 2.29. The number of sulfonamides is 1. The summed E-state index contributed by atoms with van der Waals surface area (Å²) < 4.78 is 26.4. The minimum atomic E-state index is -3.62. The van der Waals surface area contributed by atoms with Gasteiger partial charge in [-0.3, -0.25) is 35.3 Å². The molecular weight excluding hydrogens is 420 g/mol. The number of fused-ring (bicyclic) bond motifs is 1. The first kappa shape index (κ1) is 20.3. The minimum absolute atomic E-state index is 0.0378. The summed E-state index contributed by atoms with van der Waals surface area (Å²) in [5, 5.41) is 6.71. The predicted molar refractivity (Wildman–Crippen MR) is 112 cm³/mol. The SMILES string of the molecule is O=C(CCN=C1NS(=O)(=O)c2ccccc21)NNC(=O)c1cc(-c2ccccc2)n[nH]1. The van der Waals surface area contributed by atoms with Gasteiger partial charge >= 0.3 is 0 Å². The van der Waals surface area contributed by atoms with Crippen molar-refractivity contribution in [3.63, 3.8) is 0 Å². The van der Waals surface area contributed by atoms with Crippen LogP contribution in [0.3, 0.4) is 0 Å². The molecule has 0 saturated carbocycles. The number of nitrogens with one attached hydrogen (secondary N) is 4. The molecule has 0 saturated heterocycles. The zero-order valence-electron chi connectivity index (χ0n) is 16.1. The summed E-state index contributed by atoms with van der Waals surface area (Å²) in [6.45, 7) is 0.0378. The molecule has 0 unspecified atom stereocenters. The standard InChI is InChI=1S/C20H18N6O4S/c27-18(10-11-21-19-14-8-4-5-9-17(14)31(29,30)26-19)24-25-20(28)16-12-15(22-23-16)13-6-2-1-3-7-13/h1-9,12H,10-11H2,(H,21,26)(H,22,23)(H,24,27)(H,25,28). The molecule has 1 aromatic heterocycles. The van der Waals surface area contributed by atoms with E-state index in [1.807, 2.05) is 30.3 Å². The van der Waals surface area contributed by atoms with Gasteiger partial charge in [0.25, 0.3) is 15.9 Å². The van der Waals surface area contributed by atoms with E-state index in [1.165, 1.54) is 6.07 Å². The summed E-state index contributed by atoms with van der Waals surface area (Å²) in [5.41, 5.74) is 6.71. The predicted octanol–water partition coefficient (Wildman–Crippen LogP) is 0.966. The summed E-state index contributed by atoms with van der Waals surface area (Å²) in [7, 11) is -3.62. The van der Waals surface area contributed by atoms with Crippen molar-refractivity contribution in [3.8, 4) is 11.3 Å². The number of benzene rings is 2. The van der Waals surface area contributed by atoms with Gasteiger partial charge < -0.3 is 0 Å². The lowest BCUT2D eigenvalue weighted by Crippen LogP contribution is -2.42. The van der Waals surface area contributed by atoms with Gasteiger partial charge in [-0.05, 0) is 18.2 Å². The third kappa shape index (κ3) is 4.46. The van der Waals surface area contributed by atoms with Crippen molar-refractivity contribution < 1.29 is 18.0 Å². The monoisotopic (exact) mass is 438 g/mol. The van der Waals surface area contributed by atoms with Crippen molar-refractivity contribution in [2.24, 2.45) is 4.99 Å². The Morgan fingerprint density at radius 2 is 1.74 bits per heavy atom. The van der Waals surface area contributed by atoms with Gasteiger partial charge in [-0.1, -0.05) is 42.5 Å². The Bertz CT molecular complexity index is 1270. The van der Waals surface area contributed by atoms with Crippen molar-refractivity contribution in [2.75, 3.05) is 6.54 Å². The number of nitrogens with zero attached hydrogens (tertiary/aromatic N) is 2. The van der Waals surface area contributed by atoms with E-state index in [9.17, 15) is 18.0 Å². The number of rotatable bonds is 5. The molecule has 0 bridgehead atoms. The summed E-state index contributed by atoms with van der Waals surface area (Å²) in [6.07, 6.45) is -0.0497. The molecule has 3 aromatic rings. The zero-order valence-corrected chi connectivity index (χ0v) is 16.9. The molecule has 4 N–H and O–H groups in total. The van der Waals surface area contributed by atoms with E-state index in [-0.39, 0.29) is 29.4 Å². The number of hydrogen-bond donors (Lipinski definition) is 4. The van der Waals surface area contributed by atoms with Crippen molar-refractivity contribution in [1.82, 2.24) is 25.8 Å². The topological polar surface area (TPSA) is 145 Å². The second-order valence-electron chi connectivity index (χ2n) is 6.62. The highest BCUT2D eigenvalue weighted by Crippen LogP contribution is 2.22. The molecule has 0 spiro atoms. The first-order chi connectivity index (χ1) is 14.9. The minimum Gasteiger partial charge on any atom is -0.273 e. The molecule has 0 aliphatic carbocycles. The van der Waals surface area contributed by atoms with Gasteiger partial charge in [0, 0.05) is 17.5 Å². The van der Waals surface area contributed by atoms with Crippen LogP contribution in [0, 0.1) is 0 Å². The lowest BCUT2D eigenvalue weighted by molar-refractivity contribution is -0.121. The highest BCUT2D eigenvalue weighted by atomic mass is 32.2. The Labute approximate surface area is 177 Å². The number of hydrazine groups is 1. The molecule has 1 aliphatic heterocycles. The van der Waals surface area contributed by atoms with E-state index >= 15 is 0 Å². The van der Waals surface area contributed by atoms with Gasteiger partial charge in [-0.2, -0.15) is 5.10 Å². The molecule has 158 valence electrons. The normalized spacial score (nSPS) is 15.2. The molecule has 1 aliphatic rings. The van der Waals surface area contributed by atoms with Crippen LogP contribution >= 0.6 is 0 Å². The first-order valence-electron chi connectivity index (χ1n) is 9.31. The van der Waals surface area contributed by atoms with Gasteiger partial charge in [-0.15, -0.1) is 0 Å². The highest BCUT2D eigenvalue weighted by molar-refractivity contribution is 7.90. The van der Waals surface area contributed by atoms with Crippen LogP contribution in [-0.4, -0.2) is 42.8 Å². The molecule has 2 heterocycles. The molecule has 0 fully saturated rings. The fraction of sp³-hybridized carbons (Fsp3) is 0.100. The van der Waals surface area contributed by atoms with Crippen molar-refractivity contribution in [1.29, 1.82) is 0 Å². The molecular formula is C20H18N6O4S. The number of amidine groups is 1. The largest absolute Gasteiger partial charge is 0.287 e. The van der Waals surface area contributed by atoms with Gasteiger partial charge in [0.05, 0.1) is 17.1 Å². The number of aromatic nitrogens is 2. The molecule has 0 radical (unpaired) electrons. The van der Waals surface area contributed by atoms with E-state index in [0.29, 0.717) is 11.3 Å². The smallest absolute Gasteiger partial charge is 0.273 e. The molecule has 2 aromatic carbocycles. The first-order valence-corrected chi connectivity index (χ1v) is 10.8. The molecule has 0 atom stereocenters. The van der Waals surface area contributed by atoms with E-state index < -0.39 is 21.8 Å². The van der Waals surface area contributed by atoms with Gasteiger partial charge in [-0.25, -0.2) is 8.42 Å². The second-order valence-corrected chi connectivity index (χ2v) is 8.27. The quantitative estimate of drug-likeness (QED) is 0.439. The summed E-state index contributed by atoms with van der Waals surface area (Å²) in [5.74, 6) is -0.834. The maximum Gasteiger partial charge on any atom is 0.287 e. The van der Waals surface area contributed by atoms with Gasteiger partial charge in [0.15, 0.2) is 0 Å². The molecule has 11 heteroatoms. The number of aromatic amines is 1. The summed E-state index contributed by atoms with van der Waals surface area (Å²) in [4.78, 5) is 28.5. The Morgan fingerprint density at radius 1 is 1.00 bits per heavy atom. The Hall–Kier alpha value is -3.99. The average molecular weight is 438 g/mol. The number of carbonyl (C=O) groups excluding carboxylic acids is 2. The molecule has 2 amide bonds. The third-order valence-electron chi connectivity index (χ3n) is 4.48. The van der Waals surface area contributed by atoms with Crippen LogP contribution in [0.4, 0.5) is 0 Å². The van der Waals surface area contributed by atoms with E-state index in [4.69, 9.17) is 0 Å². The second kappa shape index (κ2) is 8.40. The molecule has 10 nitrogen and oxygen atoms in total. The maximum absolute atomic E-state index is 12.2. The lowest BCUT2D eigenvalue weighted by atomic mass is 10.1. The zero-order chi connectivity index (χ0) is 21.8. The lowest BCUT2D eigenvalue weighted by Gasteiger charge is -2.05. The van der Waals surface area contributed by atoms with Crippen LogP contribution in [0.25, 0.3) is 11.3 Å². The van der Waals surface area contributed by atoms with Crippen LogP contribution < -0.4 is 15.6 Å². The number of H-pyrrole nitrogens is 1. The van der Waals surface area contributed by atoms with Crippen molar-refractivity contribution in [3.05, 3.63) is 71.9 Å². The molecule has 4 rings (SSSR count). The van der Waals surface area contributed by atoms with E-state index in [0.717, 1.165) is 5.56 Å². The van der Waals surface area contributed by atoms with Gasteiger partial charge in [0.1, 0.15) is 11.5 Å². The van der Waals surface area contributed by atoms with Gasteiger partial charge in [0.2, 0.25) is 5.91 Å². The van der Waals surface area contributed by atoms with E-state index in [2.05, 4.69) is 30.8 Å². The number of hydrogen-bond acceptors (Lipinski definition) is 6.